The number of halogens is 1. The van der Waals surface area contributed by atoms with Crippen LogP contribution in [0.2, 0.25) is 0 Å². The molecule has 0 saturated heterocycles. The van der Waals surface area contributed by atoms with Crippen LogP contribution in [0.1, 0.15) is 11.3 Å². The van der Waals surface area contributed by atoms with E-state index in [0.29, 0.717) is 11.5 Å². The van der Waals surface area contributed by atoms with E-state index in [2.05, 4.69) is 36.3 Å². The second-order valence-electron chi connectivity index (χ2n) is 6.41. The van der Waals surface area contributed by atoms with Gasteiger partial charge in [0.2, 0.25) is 0 Å². The molecule has 0 radical (unpaired) electrons. The summed E-state index contributed by atoms with van der Waals surface area (Å²) in [5.74, 6) is -0.230. The number of carbonyl (C=O) groups is 1. The molecule has 2 aliphatic rings. The lowest BCUT2D eigenvalue weighted by molar-refractivity contribution is 0.262. The zero-order valence-corrected chi connectivity index (χ0v) is 14.8. The number of nitrogens with one attached hydrogen (secondary N) is 3. The minimum atomic E-state index is -0.671. The fourth-order valence-corrected chi connectivity index (χ4v) is 3.07. The summed E-state index contributed by atoms with van der Waals surface area (Å²) < 4.78 is 13.7. The highest BCUT2D eigenvalue weighted by Crippen LogP contribution is 2.31. The molecule has 28 heavy (non-hydrogen) atoms. The van der Waals surface area contributed by atoms with E-state index in [4.69, 9.17) is 5.73 Å². The number of amidine groups is 1. The van der Waals surface area contributed by atoms with Crippen LogP contribution in [0.25, 0.3) is 5.57 Å². The van der Waals surface area contributed by atoms with Gasteiger partial charge in [-0.25, -0.2) is 14.2 Å². The molecular formula is C18H17FN8O. The second kappa shape index (κ2) is 7.06. The van der Waals surface area contributed by atoms with Gasteiger partial charge < -0.3 is 16.5 Å². The van der Waals surface area contributed by atoms with Crippen LogP contribution in [0, 0.1) is 18.7 Å². The van der Waals surface area contributed by atoms with Crippen LogP contribution >= 0.6 is 0 Å². The topological polar surface area (TPSA) is 130 Å². The number of aryl methyl sites for hydroxylation is 1. The zero-order valence-electron chi connectivity index (χ0n) is 14.8. The Hall–Kier alpha value is -3.82. The highest BCUT2D eigenvalue weighted by atomic mass is 19.1. The molecule has 9 nitrogen and oxygen atoms in total. The number of amides is 2. The van der Waals surface area contributed by atoms with Crippen molar-refractivity contribution in [2.45, 2.75) is 13.0 Å². The average Bonchev–Trinajstić information content (AvgIpc) is 3.07. The van der Waals surface area contributed by atoms with E-state index in [-0.39, 0.29) is 23.6 Å². The Morgan fingerprint density at radius 2 is 2.14 bits per heavy atom. The van der Waals surface area contributed by atoms with Crippen molar-refractivity contribution in [3.8, 4) is 0 Å². The maximum absolute atomic E-state index is 13.7. The first-order valence-corrected chi connectivity index (χ1v) is 8.52. The van der Waals surface area contributed by atoms with Crippen LogP contribution < -0.4 is 21.8 Å². The minimum absolute atomic E-state index is 0.0102. The van der Waals surface area contributed by atoms with Crippen molar-refractivity contribution in [3.63, 3.8) is 0 Å². The minimum Gasteiger partial charge on any atom is -0.385 e. The molecule has 5 N–H and O–H groups in total. The molecule has 2 atom stereocenters. The SMILES string of the molecule is Cc1ccc(F)c(NC(=O)Nc2ncc(C3=CC=CC4NN=C(N)C34)nn2)c1. The van der Waals surface area contributed by atoms with E-state index in [9.17, 15) is 9.18 Å². The van der Waals surface area contributed by atoms with Crippen molar-refractivity contribution in [2.24, 2.45) is 16.8 Å². The predicted molar refractivity (Wildman–Crippen MR) is 103 cm³/mol. The summed E-state index contributed by atoms with van der Waals surface area (Å²) in [5.41, 5.74) is 11.1. The summed E-state index contributed by atoms with van der Waals surface area (Å²) >= 11 is 0. The summed E-state index contributed by atoms with van der Waals surface area (Å²) in [6, 6.07) is 3.72. The van der Waals surface area contributed by atoms with E-state index < -0.39 is 11.8 Å². The first-order valence-electron chi connectivity index (χ1n) is 8.52. The lowest BCUT2D eigenvalue weighted by Crippen LogP contribution is -2.33. The second-order valence-corrected chi connectivity index (χ2v) is 6.41. The normalized spacial score (nSPS) is 19.9. The van der Waals surface area contributed by atoms with Gasteiger partial charge in [-0.15, -0.1) is 10.2 Å². The number of nitrogens with two attached hydrogens (primary N) is 1. The number of allylic oxidation sites excluding steroid dienone is 2. The number of carbonyl (C=O) groups excluding carboxylic acids is 1. The van der Waals surface area contributed by atoms with Gasteiger partial charge in [0.1, 0.15) is 17.3 Å². The maximum atomic E-state index is 13.7. The average molecular weight is 380 g/mol. The number of hydrogen-bond donors (Lipinski definition) is 4. The molecule has 2 amide bonds. The van der Waals surface area contributed by atoms with Crippen molar-refractivity contribution in [1.82, 2.24) is 20.6 Å². The van der Waals surface area contributed by atoms with Gasteiger partial charge in [0.05, 0.1) is 23.8 Å². The summed E-state index contributed by atoms with van der Waals surface area (Å²) in [5, 5.41) is 16.9. The van der Waals surface area contributed by atoms with Crippen molar-refractivity contribution in [2.75, 3.05) is 10.6 Å². The van der Waals surface area contributed by atoms with Crippen LogP contribution in [0.5, 0.6) is 0 Å². The number of fused-ring (bicyclic) bond motifs is 1. The molecule has 1 aliphatic heterocycles. The van der Waals surface area contributed by atoms with Crippen LogP contribution in [0.3, 0.4) is 0 Å². The molecule has 10 heteroatoms. The monoisotopic (exact) mass is 380 g/mol. The molecule has 2 heterocycles. The number of hydrazone groups is 1. The van der Waals surface area contributed by atoms with Crippen molar-refractivity contribution in [1.29, 1.82) is 0 Å². The number of benzene rings is 1. The van der Waals surface area contributed by atoms with E-state index in [0.717, 1.165) is 11.1 Å². The molecule has 142 valence electrons. The number of urea groups is 1. The molecule has 0 fully saturated rings. The Morgan fingerprint density at radius 3 is 2.93 bits per heavy atom. The Labute approximate surface area is 159 Å². The van der Waals surface area contributed by atoms with Crippen molar-refractivity contribution in [3.05, 3.63) is 59.7 Å². The van der Waals surface area contributed by atoms with E-state index in [1.165, 1.54) is 18.3 Å². The highest BCUT2D eigenvalue weighted by Gasteiger charge is 2.34. The number of hydrogen-bond acceptors (Lipinski definition) is 7. The third-order valence-electron chi connectivity index (χ3n) is 4.40. The Kier molecular flexibility index (Phi) is 4.44. The maximum Gasteiger partial charge on any atom is 0.326 e. The van der Waals surface area contributed by atoms with Crippen LogP contribution in [0.15, 0.2) is 47.7 Å². The molecule has 4 rings (SSSR count). The van der Waals surface area contributed by atoms with Gasteiger partial charge in [-0.3, -0.25) is 5.32 Å². The molecule has 1 aliphatic carbocycles. The van der Waals surface area contributed by atoms with Crippen molar-refractivity contribution >= 4 is 29.1 Å². The summed E-state index contributed by atoms with van der Waals surface area (Å²) in [7, 11) is 0. The lowest BCUT2D eigenvalue weighted by atomic mass is 9.86. The van der Waals surface area contributed by atoms with E-state index in [1.54, 1.807) is 13.0 Å². The van der Waals surface area contributed by atoms with Crippen molar-refractivity contribution < 1.29 is 9.18 Å². The third-order valence-corrected chi connectivity index (χ3v) is 4.40. The molecule has 2 aromatic rings. The Bertz CT molecular complexity index is 1010. The molecule has 0 spiro atoms. The number of anilines is 2. The Morgan fingerprint density at radius 1 is 1.29 bits per heavy atom. The largest absolute Gasteiger partial charge is 0.385 e. The number of rotatable bonds is 3. The first kappa shape index (κ1) is 17.6. The van der Waals surface area contributed by atoms with Gasteiger partial charge in [0.15, 0.2) is 0 Å². The first-order chi connectivity index (χ1) is 13.5. The van der Waals surface area contributed by atoms with Gasteiger partial charge in [-0.1, -0.05) is 24.3 Å². The molecule has 1 aromatic heterocycles. The smallest absolute Gasteiger partial charge is 0.326 e. The van der Waals surface area contributed by atoms with Crippen LogP contribution in [-0.2, 0) is 0 Å². The Balaban J connectivity index is 1.46. The van der Waals surface area contributed by atoms with Gasteiger partial charge in [-0.2, -0.15) is 5.10 Å². The number of nitrogens with zero attached hydrogens (tertiary/aromatic N) is 4. The predicted octanol–water partition coefficient (Wildman–Crippen LogP) is 1.78. The van der Waals surface area contributed by atoms with Gasteiger partial charge in [0, 0.05) is 0 Å². The van der Waals surface area contributed by atoms with Gasteiger partial charge >= 0.3 is 6.03 Å². The quantitative estimate of drug-likeness (QED) is 0.642. The molecule has 0 bridgehead atoms. The standard InChI is InChI=1S/C18H17FN8O/c1-9-5-6-11(19)13(7-9)22-18(28)23-17-21-8-14(25-27-17)10-3-2-4-12-15(10)16(20)26-24-12/h2-8,12,15,24H,1H3,(H2,20,26)(H2,21,22,23,27,28). The molecule has 1 aromatic carbocycles. The summed E-state index contributed by atoms with van der Waals surface area (Å²) in [4.78, 5) is 16.2. The van der Waals surface area contributed by atoms with Gasteiger partial charge in [-0.05, 0) is 30.2 Å². The number of aromatic nitrogens is 3. The van der Waals surface area contributed by atoms with Crippen LogP contribution in [0.4, 0.5) is 20.8 Å². The van der Waals surface area contributed by atoms with Gasteiger partial charge in [0.25, 0.3) is 5.95 Å². The van der Waals surface area contributed by atoms with E-state index >= 15 is 0 Å². The van der Waals surface area contributed by atoms with Crippen LogP contribution in [-0.4, -0.2) is 33.1 Å². The summed E-state index contributed by atoms with van der Waals surface area (Å²) in [6.45, 7) is 1.80. The highest BCUT2D eigenvalue weighted by molar-refractivity contribution is 5.99. The lowest BCUT2D eigenvalue weighted by Gasteiger charge is -2.21. The fraction of sp³-hybridized carbons (Fsp3) is 0.167. The molecule has 2 unspecified atom stereocenters. The molecular weight excluding hydrogens is 363 g/mol. The zero-order chi connectivity index (χ0) is 19.7. The molecule has 0 saturated carbocycles. The van der Waals surface area contributed by atoms with E-state index in [1.807, 2.05) is 18.2 Å². The third kappa shape index (κ3) is 3.39. The fourth-order valence-electron chi connectivity index (χ4n) is 3.07. The summed E-state index contributed by atoms with van der Waals surface area (Å²) in [6.07, 6.45) is 7.21.